The van der Waals surface area contributed by atoms with Gasteiger partial charge in [-0.3, -0.25) is 4.79 Å². The lowest BCUT2D eigenvalue weighted by atomic mass is 10.1. The van der Waals surface area contributed by atoms with Gasteiger partial charge in [0, 0.05) is 11.4 Å². The number of methoxy groups -OCH3 is 1. The highest BCUT2D eigenvalue weighted by Gasteiger charge is 2.16. The summed E-state index contributed by atoms with van der Waals surface area (Å²) in [4.78, 5) is 11.0. The number of rotatable bonds is 3. The van der Waals surface area contributed by atoms with E-state index in [4.69, 9.17) is 17.3 Å². The van der Waals surface area contributed by atoms with Crippen LogP contribution in [0.1, 0.15) is 5.56 Å². The Morgan fingerprint density at radius 2 is 2.25 bits per heavy atom. The van der Waals surface area contributed by atoms with Gasteiger partial charge in [-0.05, 0) is 17.7 Å². The summed E-state index contributed by atoms with van der Waals surface area (Å²) in [6, 6.07) is 3.37. The Bertz CT molecular complexity index is 374. The Balaban J connectivity index is 0.00000225. The average molecular weight is 268 g/mol. The van der Waals surface area contributed by atoms with Crippen molar-refractivity contribution in [3.8, 4) is 0 Å². The summed E-state index contributed by atoms with van der Waals surface area (Å²) in [6.45, 7) is 0. The third-order valence-electron chi connectivity index (χ3n) is 1.96. The summed E-state index contributed by atoms with van der Waals surface area (Å²) < 4.78 is 17.7. The first-order chi connectivity index (χ1) is 7.04. The molecule has 0 aliphatic carbocycles. The number of hydrogen-bond donors (Lipinski definition) is 1. The van der Waals surface area contributed by atoms with Gasteiger partial charge < -0.3 is 10.5 Å². The predicted octanol–water partition coefficient (Wildman–Crippen LogP) is 1.94. The van der Waals surface area contributed by atoms with E-state index in [-0.39, 0.29) is 18.8 Å². The van der Waals surface area contributed by atoms with Gasteiger partial charge in [-0.15, -0.1) is 12.4 Å². The van der Waals surface area contributed by atoms with E-state index in [1.165, 1.54) is 19.2 Å². The average Bonchev–Trinajstić information content (AvgIpc) is 2.20. The first-order valence-electron chi connectivity index (χ1n) is 4.32. The first-order valence-corrected chi connectivity index (χ1v) is 4.69. The highest BCUT2D eigenvalue weighted by molar-refractivity contribution is 6.30. The smallest absolute Gasteiger partial charge is 0.322 e. The molecule has 90 valence electrons. The normalized spacial score (nSPS) is 11.5. The number of nitrogens with two attached hydrogens (primary N) is 1. The van der Waals surface area contributed by atoms with Gasteiger partial charge in [0.1, 0.15) is 11.9 Å². The van der Waals surface area contributed by atoms with E-state index < -0.39 is 17.8 Å². The maximum Gasteiger partial charge on any atom is 0.322 e. The second-order valence-electron chi connectivity index (χ2n) is 3.07. The van der Waals surface area contributed by atoms with Gasteiger partial charge in [0.2, 0.25) is 0 Å². The Hall–Kier alpha value is -0.840. The second kappa shape index (κ2) is 6.68. The van der Waals surface area contributed by atoms with Crippen molar-refractivity contribution in [2.24, 2.45) is 5.73 Å². The van der Waals surface area contributed by atoms with Crippen LogP contribution in [-0.2, 0) is 16.0 Å². The van der Waals surface area contributed by atoms with Crippen molar-refractivity contribution < 1.29 is 13.9 Å². The molecule has 16 heavy (non-hydrogen) atoms. The fraction of sp³-hybridized carbons (Fsp3) is 0.300. The summed E-state index contributed by atoms with van der Waals surface area (Å²) in [7, 11) is 1.24. The van der Waals surface area contributed by atoms with Gasteiger partial charge in [-0.2, -0.15) is 0 Å². The van der Waals surface area contributed by atoms with E-state index in [1.54, 1.807) is 6.07 Å². The molecule has 6 heteroatoms. The number of ether oxygens (including phenoxy) is 1. The number of esters is 1. The number of carbonyl (C=O) groups excluding carboxylic acids is 1. The van der Waals surface area contributed by atoms with Crippen molar-refractivity contribution >= 4 is 30.0 Å². The lowest BCUT2D eigenvalue weighted by Gasteiger charge is -2.09. The van der Waals surface area contributed by atoms with Crippen LogP contribution in [0.4, 0.5) is 4.39 Å². The SMILES string of the molecule is COC(=O)[C@@H](N)Cc1ccc(Cl)cc1F.Cl. The van der Waals surface area contributed by atoms with Crippen LogP contribution in [0.3, 0.4) is 0 Å². The quantitative estimate of drug-likeness (QED) is 0.852. The Labute approximate surface area is 104 Å². The van der Waals surface area contributed by atoms with Crippen molar-refractivity contribution in [2.75, 3.05) is 7.11 Å². The molecular formula is C10H12Cl2FNO2. The summed E-state index contributed by atoms with van der Waals surface area (Å²) >= 11 is 5.58. The molecule has 0 saturated heterocycles. The van der Waals surface area contributed by atoms with Gasteiger partial charge in [-0.1, -0.05) is 17.7 Å². The van der Waals surface area contributed by atoms with Crippen molar-refractivity contribution in [1.82, 2.24) is 0 Å². The Kier molecular flexibility index (Phi) is 6.33. The van der Waals surface area contributed by atoms with Crippen LogP contribution in [0, 0.1) is 5.82 Å². The summed E-state index contributed by atoms with van der Waals surface area (Å²) in [5, 5.41) is 0.308. The van der Waals surface area contributed by atoms with Crippen molar-refractivity contribution in [1.29, 1.82) is 0 Å². The van der Waals surface area contributed by atoms with Crippen LogP contribution >= 0.6 is 24.0 Å². The standard InChI is InChI=1S/C10H11ClFNO2.ClH/c1-15-10(14)9(13)4-6-2-3-7(11)5-8(6)12;/h2-3,5,9H,4,13H2,1H3;1H/t9-;/m0./s1. The molecule has 1 aromatic carbocycles. The maximum absolute atomic E-state index is 13.3. The van der Waals surface area contributed by atoms with Crippen LogP contribution in [0.15, 0.2) is 18.2 Å². The second-order valence-corrected chi connectivity index (χ2v) is 3.51. The molecule has 1 rings (SSSR count). The third kappa shape index (κ3) is 3.96. The molecule has 3 nitrogen and oxygen atoms in total. The molecule has 0 aliphatic rings. The minimum absolute atomic E-state index is 0. The molecule has 0 bridgehead atoms. The number of halogens is 3. The highest BCUT2D eigenvalue weighted by Crippen LogP contribution is 2.15. The maximum atomic E-state index is 13.3. The molecule has 0 unspecified atom stereocenters. The van der Waals surface area contributed by atoms with Crippen LogP contribution in [-0.4, -0.2) is 19.1 Å². The van der Waals surface area contributed by atoms with E-state index in [2.05, 4.69) is 4.74 Å². The molecular weight excluding hydrogens is 256 g/mol. The van der Waals surface area contributed by atoms with Crippen molar-refractivity contribution in [3.05, 3.63) is 34.6 Å². The molecule has 0 saturated carbocycles. The van der Waals surface area contributed by atoms with E-state index >= 15 is 0 Å². The molecule has 0 radical (unpaired) electrons. The van der Waals surface area contributed by atoms with Crippen LogP contribution in [0.5, 0.6) is 0 Å². The summed E-state index contributed by atoms with van der Waals surface area (Å²) in [5.41, 5.74) is 5.84. The number of benzene rings is 1. The van der Waals surface area contributed by atoms with Gasteiger partial charge in [0.05, 0.1) is 7.11 Å². The molecule has 1 atom stereocenters. The predicted molar refractivity (Wildman–Crippen MR) is 62.4 cm³/mol. The van der Waals surface area contributed by atoms with Gasteiger partial charge in [0.25, 0.3) is 0 Å². The Morgan fingerprint density at radius 3 is 2.75 bits per heavy atom. The Morgan fingerprint density at radius 1 is 1.62 bits per heavy atom. The van der Waals surface area contributed by atoms with Crippen LogP contribution in [0.25, 0.3) is 0 Å². The molecule has 0 spiro atoms. The van der Waals surface area contributed by atoms with Crippen LogP contribution in [0.2, 0.25) is 5.02 Å². The third-order valence-corrected chi connectivity index (χ3v) is 2.19. The van der Waals surface area contributed by atoms with E-state index in [0.717, 1.165) is 0 Å². The minimum Gasteiger partial charge on any atom is -0.468 e. The molecule has 1 aromatic rings. The summed E-state index contributed by atoms with van der Waals surface area (Å²) in [5.74, 6) is -1.04. The fourth-order valence-corrected chi connectivity index (χ4v) is 1.32. The van der Waals surface area contributed by atoms with E-state index in [1.807, 2.05) is 0 Å². The minimum atomic E-state index is -0.856. The number of hydrogen-bond acceptors (Lipinski definition) is 3. The van der Waals surface area contributed by atoms with Gasteiger partial charge in [0.15, 0.2) is 0 Å². The molecule has 0 aromatic heterocycles. The zero-order valence-electron chi connectivity index (χ0n) is 8.57. The van der Waals surface area contributed by atoms with E-state index in [0.29, 0.717) is 10.6 Å². The van der Waals surface area contributed by atoms with E-state index in [9.17, 15) is 9.18 Å². The zero-order chi connectivity index (χ0) is 11.4. The summed E-state index contributed by atoms with van der Waals surface area (Å²) in [6.07, 6.45) is 0.0929. The van der Waals surface area contributed by atoms with Crippen molar-refractivity contribution in [3.63, 3.8) is 0 Å². The fourth-order valence-electron chi connectivity index (χ4n) is 1.16. The van der Waals surface area contributed by atoms with Gasteiger partial charge in [-0.25, -0.2) is 4.39 Å². The van der Waals surface area contributed by atoms with Crippen molar-refractivity contribution in [2.45, 2.75) is 12.5 Å². The molecule has 0 fully saturated rings. The molecule has 2 N–H and O–H groups in total. The lowest BCUT2D eigenvalue weighted by molar-refractivity contribution is -0.142. The number of carbonyl (C=O) groups is 1. The lowest BCUT2D eigenvalue weighted by Crippen LogP contribution is -2.33. The molecule has 0 heterocycles. The monoisotopic (exact) mass is 267 g/mol. The molecule has 0 amide bonds. The topological polar surface area (TPSA) is 52.3 Å². The molecule has 0 aliphatic heterocycles. The largest absolute Gasteiger partial charge is 0.468 e. The van der Waals surface area contributed by atoms with Gasteiger partial charge >= 0.3 is 5.97 Å². The highest BCUT2D eigenvalue weighted by atomic mass is 35.5. The zero-order valence-corrected chi connectivity index (χ0v) is 10.1. The first kappa shape index (κ1) is 15.2. The van der Waals surface area contributed by atoms with Crippen LogP contribution < -0.4 is 5.73 Å².